The Morgan fingerprint density at radius 1 is 1.21 bits per heavy atom. The quantitative estimate of drug-likeness (QED) is 0.330. The number of benzene rings is 2. The monoisotopic (exact) mass is 449 g/mol. The van der Waals surface area contributed by atoms with Crippen molar-refractivity contribution in [3.63, 3.8) is 0 Å². The smallest absolute Gasteiger partial charge is 0.305 e. The minimum absolute atomic E-state index is 0.0155. The zero-order valence-electron chi connectivity index (χ0n) is 18.2. The van der Waals surface area contributed by atoms with Gasteiger partial charge in [-0.2, -0.15) is 0 Å². The average Bonchev–Trinajstić information content (AvgIpc) is 3.33. The molecule has 0 spiro atoms. The standard InChI is InChI=1S/C24H27N5O4/c30-22-16-33-21-14-18(28-19(15-23(31)32)17-6-2-1-3-7-17)8-9-20(21)29(22)13-5-4-10-25-24-26-11-12-27-24/h1-3,6-9,11-12,14,19,28H,4-5,10,13,15-16H2,(H,31,32)(H2,25,26,27). The molecule has 3 aromatic rings. The average molecular weight is 450 g/mol. The molecular formula is C24H27N5O4. The summed E-state index contributed by atoms with van der Waals surface area (Å²) in [7, 11) is 0. The number of nitrogens with one attached hydrogen (secondary N) is 3. The van der Waals surface area contributed by atoms with Crippen LogP contribution in [0.15, 0.2) is 60.9 Å². The molecule has 4 N–H and O–H groups in total. The molecule has 1 aliphatic heterocycles. The summed E-state index contributed by atoms with van der Waals surface area (Å²) < 4.78 is 5.68. The van der Waals surface area contributed by atoms with Crippen molar-refractivity contribution < 1.29 is 19.4 Å². The Labute approximate surface area is 191 Å². The van der Waals surface area contributed by atoms with Gasteiger partial charge in [0, 0.05) is 37.2 Å². The molecule has 1 aromatic heterocycles. The van der Waals surface area contributed by atoms with E-state index in [4.69, 9.17) is 4.74 Å². The van der Waals surface area contributed by atoms with Crippen molar-refractivity contribution in [1.29, 1.82) is 0 Å². The van der Waals surface area contributed by atoms with Crippen LogP contribution < -0.4 is 20.3 Å². The van der Waals surface area contributed by atoms with Gasteiger partial charge in [-0.25, -0.2) is 4.98 Å². The Hall–Kier alpha value is -4.01. The molecule has 0 aliphatic carbocycles. The van der Waals surface area contributed by atoms with Crippen molar-refractivity contribution in [2.45, 2.75) is 25.3 Å². The zero-order valence-corrected chi connectivity index (χ0v) is 18.2. The predicted octanol–water partition coefficient (Wildman–Crippen LogP) is 3.66. The van der Waals surface area contributed by atoms with E-state index in [1.165, 1.54) is 0 Å². The molecular weight excluding hydrogens is 422 g/mol. The summed E-state index contributed by atoms with van der Waals surface area (Å²) in [5, 5.41) is 15.8. The molecule has 0 bridgehead atoms. The lowest BCUT2D eigenvalue weighted by molar-refractivity contribution is -0.137. The van der Waals surface area contributed by atoms with E-state index in [0.29, 0.717) is 12.3 Å². The Morgan fingerprint density at radius 3 is 2.82 bits per heavy atom. The maximum Gasteiger partial charge on any atom is 0.305 e. The van der Waals surface area contributed by atoms with Crippen LogP contribution in [-0.2, 0) is 9.59 Å². The largest absolute Gasteiger partial charge is 0.481 e. The lowest BCUT2D eigenvalue weighted by atomic mass is 10.0. The van der Waals surface area contributed by atoms with Gasteiger partial charge >= 0.3 is 5.97 Å². The molecule has 0 saturated carbocycles. The SMILES string of the molecule is O=C(O)CC(Nc1ccc2c(c1)OCC(=O)N2CCCCNc1ncc[nH]1)c1ccccc1. The van der Waals surface area contributed by atoms with Crippen molar-refractivity contribution >= 4 is 29.2 Å². The van der Waals surface area contributed by atoms with E-state index in [-0.39, 0.29) is 25.0 Å². The van der Waals surface area contributed by atoms with E-state index in [1.54, 1.807) is 17.3 Å². The van der Waals surface area contributed by atoms with Crippen LogP contribution >= 0.6 is 0 Å². The van der Waals surface area contributed by atoms with Gasteiger partial charge < -0.3 is 30.4 Å². The van der Waals surface area contributed by atoms with E-state index in [0.717, 1.165) is 42.3 Å². The molecule has 4 rings (SSSR count). The summed E-state index contributed by atoms with van der Waals surface area (Å²) in [6.45, 7) is 1.33. The number of aromatic nitrogens is 2. The van der Waals surface area contributed by atoms with Crippen molar-refractivity contribution in [3.05, 3.63) is 66.5 Å². The second kappa shape index (κ2) is 10.5. The molecule has 1 amide bonds. The minimum Gasteiger partial charge on any atom is -0.481 e. The van der Waals surface area contributed by atoms with Crippen LogP contribution in [0.3, 0.4) is 0 Å². The number of anilines is 3. The normalized spacial score (nSPS) is 13.7. The van der Waals surface area contributed by atoms with Crippen LogP contribution in [-0.4, -0.2) is 46.6 Å². The first-order valence-corrected chi connectivity index (χ1v) is 10.9. The third-order valence-electron chi connectivity index (χ3n) is 5.42. The van der Waals surface area contributed by atoms with Crippen LogP contribution in [0.5, 0.6) is 5.75 Å². The van der Waals surface area contributed by atoms with Gasteiger partial charge in [0.05, 0.1) is 18.2 Å². The number of carboxylic acids is 1. The van der Waals surface area contributed by atoms with Gasteiger partial charge in [-0.05, 0) is 30.5 Å². The number of H-pyrrole nitrogens is 1. The van der Waals surface area contributed by atoms with Gasteiger partial charge in [-0.1, -0.05) is 30.3 Å². The molecule has 1 aliphatic rings. The Morgan fingerprint density at radius 2 is 2.06 bits per heavy atom. The van der Waals surface area contributed by atoms with Crippen LogP contribution in [0.1, 0.15) is 30.9 Å². The number of hydrogen-bond donors (Lipinski definition) is 4. The first kappa shape index (κ1) is 22.2. The van der Waals surface area contributed by atoms with Crippen molar-refractivity contribution in [3.8, 4) is 5.75 Å². The number of carbonyl (C=O) groups excluding carboxylic acids is 1. The second-order valence-electron chi connectivity index (χ2n) is 7.79. The molecule has 0 fully saturated rings. The van der Waals surface area contributed by atoms with Crippen LogP contribution in [0.25, 0.3) is 0 Å². The summed E-state index contributed by atoms with van der Waals surface area (Å²) in [5.41, 5.74) is 2.35. The van der Waals surface area contributed by atoms with Crippen molar-refractivity contribution in [2.24, 2.45) is 0 Å². The fraction of sp³-hybridized carbons (Fsp3) is 0.292. The number of unbranched alkanes of at least 4 members (excludes halogenated alkanes) is 1. The van der Waals surface area contributed by atoms with E-state index in [2.05, 4.69) is 20.6 Å². The first-order valence-electron chi connectivity index (χ1n) is 10.9. The Bertz CT molecular complexity index is 1070. The molecule has 172 valence electrons. The van der Waals surface area contributed by atoms with Gasteiger partial charge in [-0.3, -0.25) is 9.59 Å². The van der Waals surface area contributed by atoms with Crippen LogP contribution in [0.4, 0.5) is 17.3 Å². The third-order valence-corrected chi connectivity index (χ3v) is 5.42. The van der Waals surface area contributed by atoms with E-state index >= 15 is 0 Å². The van der Waals surface area contributed by atoms with E-state index < -0.39 is 5.97 Å². The fourth-order valence-corrected chi connectivity index (χ4v) is 3.82. The molecule has 9 nitrogen and oxygen atoms in total. The summed E-state index contributed by atoms with van der Waals surface area (Å²) in [5.74, 6) is 0.383. The summed E-state index contributed by atoms with van der Waals surface area (Å²) in [4.78, 5) is 32.7. The fourth-order valence-electron chi connectivity index (χ4n) is 3.82. The molecule has 33 heavy (non-hydrogen) atoms. The first-order chi connectivity index (χ1) is 16.1. The van der Waals surface area contributed by atoms with E-state index in [1.807, 2.05) is 48.5 Å². The molecule has 0 saturated heterocycles. The number of carboxylic acid groups (broad SMARTS) is 1. The van der Waals surface area contributed by atoms with Gasteiger partial charge in [-0.15, -0.1) is 0 Å². The maximum atomic E-state index is 12.5. The number of carbonyl (C=O) groups is 2. The number of ether oxygens (including phenoxy) is 1. The maximum absolute atomic E-state index is 12.5. The summed E-state index contributed by atoms with van der Waals surface area (Å²) in [6.07, 6.45) is 5.11. The van der Waals surface area contributed by atoms with Crippen LogP contribution in [0.2, 0.25) is 0 Å². The number of aliphatic carboxylic acids is 1. The van der Waals surface area contributed by atoms with Gasteiger partial charge in [0.1, 0.15) is 5.75 Å². The Balaban J connectivity index is 1.40. The Kier molecular flexibility index (Phi) is 7.09. The third kappa shape index (κ3) is 5.82. The number of imidazole rings is 1. The predicted molar refractivity (Wildman–Crippen MR) is 126 cm³/mol. The zero-order chi connectivity index (χ0) is 23.0. The van der Waals surface area contributed by atoms with Gasteiger partial charge in [0.25, 0.3) is 5.91 Å². The van der Waals surface area contributed by atoms with Crippen LogP contribution in [0, 0.1) is 0 Å². The molecule has 1 unspecified atom stereocenters. The number of amides is 1. The molecule has 2 heterocycles. The molecule has 2 aromatic carbocycles. The minimum atomic E-state index is -0.885. The highest BCUT2D eigenvalue weighted by Crippen LogP contribution is 2.36. The molecule has 0 radical (unpaired) electrons. The van der Waals surface area contributed by atoms with Gasteiger partial charge in [0.15, 0.2) is 12.6 Å². The highest BCUT2D eigenvalue weighted by molar-refractivity contribution is 5.98. The lowest BCUT2D eigenvalue weighted by Gasteiger charge is -2.30. The highest BCUT2D eigenvalue weighted by Gasteiger charge is 2.26. The van der Waals surface area contributed by atoms with E-state index in [9.17, 15) is 14.7 Å². The number of fused-ring (bicyclic) bond motifs is 1. The lowest BCUT2D eigenvalue weighted by Crippen LogP contribution is -2.39. The number of aromatic amines is 1. The number of rotatable bonds is 11. The molecule has 9 heteroatoms. The summed E-state index contributed by atoms with van der Waals surface area (Å²) in [6, 6.07) is 14.6. The van der Waals surface area contributed by atoms with Gasteiger partial charge in [0.2, 0.25) is 0 Å². The summed E-state index contributed by atoms with van der Waals surface area (Å²) >= 11 is 0. The molecule has 1 atom stereocenters. The topological polar surface area (TPSA) is 120 Å². The van der Waals surface area contributed by atoms with Crippen molar-refractivity contribution in [1.82, 2.24) is 9.97 Å². The second-order valence-corrected chi connectivity index (χ2v) is 7.79. The van der Waals surface area contributed by atoms with Crippen molar-refractivity contribution in [2.75, 3.05) is 35.2 Å². The number of nitrogens with zero attached hydrogens (tertiary/aromatic N) is 2. The number of hydrogen-bond acceptors (Lipinski definition) is 6. The highest BCUT2D eigenvalue weighted by atomic mass is 16.5.